The molecule has 1 saturated heterocycles. The molecule has 1 aliphatic heterocycles. The van der Waals surface area contributed by atoms with E-state index in [1.165, 1.54) is 28.6 Å². The number of carbonyl (C=O) groups is 3. The van der Waals surface area contributed by atoms with Gasteiger partial charge in [0.25, 0.3) is 5.91 Å². The standard InChI is InChI=1S/C25H30N2O6S/c1-17(2)23(26-24(29)20-8-6-18(3)7-9-20)25(30)33-16-22(28)19-10-12-21(13-11-19)34(31,32)27-14-4-5-15-27/h6-13,17,23H,4-5,14-16H2,1-3H3,(H,26,29)/t23-/m0/s1. The number of amides is 1. The minimum absolute atomic E-state index is 0.127. The van der Waals surface area contributed by atoms with Crippen LogP contribution in [0.4, 0.5) is 0 Å². The van der Waals surface area contributed by atoms with Crippen LogP contribution in [0, 0.1) is 12.8 Å². The van der Waals surface area contributed by atoms with Crippen LogP contribution < -0.4 is 5.32 Å². The van der Waals surface area contributed by atoms with Gasteiger partial charge in [0.1, 0.15) is 6.04 Å². The molecule has 34 heavy (non-hydrogen) atoms. The van der Waals surface area contributed by atoms with Crippen LogP contribution in [0.25, 0.3) is 0 Å². The maximum atomic E-state index is 12.6. The zero-order valence-corrected chi connectivity index (χ0v) is 20.4. The molecule has 182 valence electrons. The van der Waals surface area contributed by atoms with E-state index in [-0.39, 0.29) is 16.4 Å². The monoisotopic (exact) mass is 486 g/mol. The SMILES string of the molecule is Cc1ccc(C(=O)N[C@H](C(=O)OCC(=O)c2ccc(S(=O)(=O)N3CCCC3)cc2)C(C)C)cc1. The summed E-state index contributed by atoms with van der Waals surface area (Å²) in [7, 11) is -3.57. The highest BCUT2D eigenvalue weighted by Crippen LogP contribution is 2.21. The summed E-state index contributed by atoms with van der Waals surface area (Å²) in [5.74, 6) is -1.84. The van der Waals surface area contributed by atoms with Crippen LogP contribution in [-0.4, -0.2) is 56.1 Å². The van der Waals surface area contributed by atoms with Gasteiger partial charge in [-0.25, -0.2) is 13.2 Å². The Labute approximate surface area is 200 Å². The van der Waals surface area contributed by atoms with Crippen molar-refractivity contribution in [2.45, 2.75) is 44.6 Å². The predicted molar refractivity (Wildman–Crippen MR) is 127 cm³/mol. The topological polar surface area (TPSA) is 110 Å². The molecule has 1 amide bonds. The Morgan fingerprint density at radius 3 is 2.06 bits per heavy atom. The van der Waals surface area contributed by atoms with E-state index < -0.39 is 40.3 Å². The van der Waals surface area contributed by atoms with Gasteiger partial charge < -0.3 is 10.1 Å². The number of nitrogens with zero attached hydrogens (tertiary/aromatic N) is 1. The zero-order valence-electron chi connectivity index (χ0n) is 19.6. The van der Waals surface area contributed by atoms with Crippen molar-refractivity contribution < 1.29 is 27.5 Å². The second kappa shape index (κ2) is 10.9. The van der Waals surface area contributed by atoms with E-state index in [9.17, 15) is 22.8 Å². The fourth-order valence-corrected chi connectivity index (χ4v) is 5.14. The van der Waals surface area contributed by atoms with Crippen LogP contribution >= 0.6 is 0 Å². The van der Waals surface area contributed by atoms with Crippen molar-refractivity contribution in [3.05, 3.63) is 65.2 Å². The van der Waals surface area contributed by atoms with Crippen molar-refractivity contribution in [3.8, 4) is 0 Å². The Bertz CT molecular complexity index is 1130. The number of benzene rings is 2. The predicted octanol–water partition coefficient (Wildman–Crippen LogP) is 2.96. The maximum Gasteiger partial charge on any atom is 0.329 e. The van der Waals surface area contributed by atoms with E-state index in [0.717, 1.165) is 18.4 Å². The van der Waals surface area contributed by atoms with Gasteiger partial charge in [0.05, 0.1) is 4.90 Å². The van der Waals surface area contributed by atoms with E-state index in [0.29, 0.717) is 18.7 Å². The molecule has 0 aromatic heterocycles. The van der Waals surface area contributed by atoms with E-state index in [4.69, 9.17) is 4.74 Å². The van der Waals surface area contributed by atoms with Gasteiger partial charge in [-0.05, 0) is 62.1 Å². The number of Topliss-reactive ketones (excluding diaryl/α,β-unsaturated/α-hetero) is 1. The molecular formula is C25H30N2O6S. The third-order valence-electron chi connectivity index (χ3n) is 5.75. The van der Waals surface area contributed by atoms with Gasteiger partial charge >= 0.3 is 5.97 Å². The smallest absolute Gasteiger partial charge is 0.329 e. The number of hydrogen-bond donors (Lipinski definition) is 1. The first kappa shape index (κ1) is 25.6. The summed E-state index contributed by atoms with van der Waals surface area (Å²) in [5, 5.41) is 2.67. The van der Waals surface area contributed by atoms with Crippen molar-refractivity contribution in [3.63, 3.8) is 0 Å². The number of ketones is 1. The summed E-state index contributed by atoms with van der Waals surface area (Å²) < 4.78 is 31.8. The number of ether oxygens (including phenoxy) is 1. The van der Waals surface area contributed by atoms with E-state index in [1.54, 1.807) is 38.1 Å². The van der Waals surface area contributed by atoms with Gasteiger partial charge in [0, 0.05) is 24.2 Å². The molecule has 1 fully saturated rings. The molecular weight excluding hydrogens is 456 g/mol. The summed E-state index contributed by atoms with van der Waals surface area (Å²) in [6.45, 7) is 5.92. The number of aryl methyl sites for hydroxylation is 1. The quantitative estimate of drug-likeness (QED) is 0.431. The second-order valence-electron chi connectivity index (χ2n) is 8.73. The maximum absolute atomic E-state index is 12.6. The molecule has 0 saturated carbocycles. The van der Waals surface area contributed by atoms with Crippen molar-refractivity contribution in [1.29, 1.82) is 0 Å². The molecule has 1 N–H and O–H groups in total. The van der Waals surface area contributed by atoms with Gasteiger partial charge in [-0.1, -0.05) is 31.5 Å². The molecule has 9 heteroatoms. The van der Waals surface area contributed by atoms with Crippen molar-refractivity contribution in [1.82, 2.24) is 9.62 Å². The molecule has 1 atom stereocenters. The first-order valence-electron chi connectivity index (χ1n) is 11.3. The molecule has 8 nitrogen and oxygen atoms in total. The van der Waals surface area contributed by atoms with Gasteiger partial charge in [-0.3, -0.25) is 9.59 Å². The lowest BCUT2D eigenvalue weighted by Gasteiger charge is -2.21. The number of carbonyl (C=O) groups excluding carboxylic acids is 3. The summed E-state index contributed by atoms with van der Waals surface area (Å²) in [6.07, 6.45) is 1.67. The first-order chi connectivity index (χ1) is 16.1. The molecule has 1 aliphatic rings. The zero-order chi connectivity index (χ0) is 24.9. The Morgan fingerprint density at radius 1 is 0.941 bits per heavy atom. The number of sulfonamides is 1. The Morgan fingerprint density at radius 2 is 1.50 bits per heavy atom. The average Bonchev–Trinajstić information content (AvgIpc) is 3.37. The molecule has 0 unspecified atom stereocenters. The van der Waals surface area contributed by atoms with E-state index in [2.05, 4.69) is 5.32 Å². The summed E-state index contributed by atoms with van der Waals surface area (Å²) in [4.78, 5) is 37.7. The molecule has 2 aromatic rings. The van der Waals surface area contributed by atoms with Crippen LogP contribution in [0.1, 0.15) is 53.0 Å². The Balaban J connectivity index is 1.59. The lowest BCUT2D eigenvalue weighted by molar-refractivity contribution is -0.145. The second-order valence-corrected chi connectivity index (χ2v) is 10.7. The highest BCUT2D eigenvalue weighted by atomic mass is 32.2. The summed E-state index contributed by atoms with van der Waals surface area (Å²) in [6, 6.07) is 11.6. The third-order valence-corrected chi connectivity index (χ3v) is 7.66. The highest BCUT2D eigenvalue weighted by molar-refractivity contribution is 7.89. The van der Waals surface area contributed by atoms with Gasteiger partial charge in [0.15, 0.2) is 12.4 Å². The Kier molecular flexibility index (Phi) is 8.22. The molecule has 1 heterocycles. The summed E-state index contributed by atoms with van der Waals surface area (Å²) >= 11 is 0. The first-order valence-corrected chi connectivity index (χ1v) is 12.7. The van der Waals surface area contributed by atoms with Gasteiger partial charge in [0.2, 0.25) is 10.0 Å². The molecule has 3 rings (SSSR count). The van der Waals surface area contributed by atoms with Crippen LogP contribution in [0.2, 0.25) is 0 Å². The molecule has 0 bridgehead atoms. The van der Waals surface area contributed by atoms with E-state index >= 15 is 0 Å². The fourth-order valence-electron chi connectivity index (χ4n) is 3.63. The lowest BCUT2D eigenvalue weighted by Crippen LogP contribution is -2.45. The number of rotatable bonds is 9. The molecule has 0 spiro atoms. The van der Waals surface area contributed by atoms with Crippen LogP contribution in [0.3, 0.4) is 0 Å². The van der Waals surface area contributed by atoms with E-state index in [1.807, 2.05) is 6.92 Å². The molecule has 2 aromatic carbocycles. The number of esters is 1. The molecule has 0 radical (unpaired) electrons. The highest BCUT2D eigenvalue weighted by Gasteiger charge is 2.28. The van der Waals surface area contributed by atoms with Crippen molar-refractivity contribution in [2.75, 3.05) is 19.7 Å². The van der Waals surface area contributed by atoms with Crippen LogP contribution in [-0.2, 0) is 19.6 Å². The average molecular weight is 487 g/mol. The summed E-state index contributed by atoms with van der Waals surface area (Å²) in [5.41, 5.74) is 1.67. The Hall–Kier alpha value is -3.04. The largest absolute Gasteiger partial charge is 0.456 e. The lowest BCUT2D eigenvalue weighted by atomic mass is 10.0. The van der Waals surface area contributed by atoms with Gasteiger partial charge in [-0.2, -0.15) is 4.31 Å². The third kappa shape index (κ3) is 6.09. The van der Waals surface area contributed by atoms with Crippen molar-refractivity contribution >= 4 is 27.7 Å². The van der Waals surface area contributed by atoms with Crippen molar-refractivity contribution in [2.24, 2.45) is 5.92 Å². The minimum atomic E-state index is -3.57. The van der Waals surface area contributed by atoms with Gasteiger partial charge in [-0.15, -0.1) is 0 Å². The minimum Gasteiger partial charge on any atom is -0.456 e. The van der Waals surface area contributed by atoms with Crippen LogP contribution in [0.5, 0.6) is 0 Å². The number of nitrogens with one attached hydrogen (secondary N) is 1. The number of hydrogen-bond acceptors (Lipinski definition) is 6. The normalized spacial score (nSPS) is 15.2. The van der Waals surface area contributed by atoms with Crippen LogP contribution in [0.15, 0.2) is 53.4 Å². The molecule has 0 aliphatic carbocycles. The fraction of sp³-hybridized carbons (Fsp3) is 0.400.